The number of aromatic nitrogens is 3. The Labute approximate surface area is 98.8 Å². The summed E-state index contributed by atoms with van der Waals surface area (Å²) < 4.78 is 6.66. The number of aryl methyl sites for hydroxylation is 1. The van der Waals surface area contributed by atoms with Gasteiger partial charge in [0, 0.05) is 27.3 Å². The number of nitrogens with zero attached hydrogens (tertiary/aromatic N) is 3. The molecule has 7 heteroatoms. The second kappa shape index (κ2) is 7.24. The second-order valence-corrected chi connectivity index (χ2v) is 4.15. The van der Waals surface area contributed by atoms with E-state index < -0.39 is 0 Å². The molecule has 90 valence electrons. The molecule has 0 spiro atoms. The number of carbonyl (C=O) groups excluding carboxylic acids is 1. The van der Waals surface area contributed by atoms with Crippen LogP contribution < -0.4 is 5.32 Å². The zero-order chi connectivity index (χ0) is 11.8. The molecule has 16 heavy (non-hydrogen) atoms. The van der Waals surface area contributed by atoms with Crippen molar-refractivity contribution < 1.29 is 9.53 Å². The Hall–Kier alpha value is -1.08. The van der Waals surface area contributed by atoms with Crippen molar-refractivity contribution >= 4 is 17.7 Å². The number of hydrogen-bond donors (Lipinski definition) is 1. The first-order valence-corrected chi connectivity index (χ1v) is 5.95. The summed E-state index contributed by atoms with van der Waals surface area (Å²) in [6, 6.07) is 0. The van der Waals surface area contributed by atoms with E-state index in [0.717, 1.165) is 11.6 Å². The minimum Gasteiger partial charge on any atom is -0.385 e. The minimum atomic E-state index is 0.00380. The standard InChI is InChI=1S/C9H16N4O2S/c1-13-7-11-12-9(13)16-6-8(14)10-4-3-5-15-2/h7H,3-6H2,1-2H3,(H,10,14). The van der Waals surface area contributed by atoms with Gasteiger partial charge in [-0.2, -0.15) is 0 Å². The van der Waals surface area contributed by atoms with Crippen molar-refractivity contribution in [2.75, 3.05) is 26.0 Å². The van der Waals surface area contributed by atoms with Gasteiger partial charge >= 0.3 is 0 Å². The van der Waals surface area contributed by atoms with Crippen molar-refractivity contribution in [3.8, 4) is 0 Å². The molecule has 1 aromatic rings. The first-order valence-electron chi connectivity index (χ1n) is 4.96. The van der Waals surface area contributed by atoms with Gasteiger partial charge in [0.2, 0.25) is 5.91 Å². The highest BCUT2D eigenvalue weighted by molar-refractivity contribution is 7.99. The molecule has 0 radical (unpaired) electrons. The van der Waals surface area contributed by atoms with Crippen LogP contribution in [0.25, 0.3) is 0 Å². The van der Waals surface area contributed by atoms with Crippen LogP contribution in [0.2, 0.25) is 0 Å². The molecule has 0 saturated heterocycles. The van der Waals surface area contributed by atoms with E-state index in [0.29, 0.717) is 18.9 Å². The fraction of sp³-hybridized carbons (Fsp3) is 0.667. The molecule has 0 fully saturated rings. The summed E-state index contributed by atoms with van der Waals surface area (Å²) in [4.78, 5) is 11.4. The van der Waals surface area contributed by atoms with Crippen LogP contribution in [0.4, 0.5) is 0 Å². The van der Waals surface area contributed by atoms with Gasteiger partial charge in [-0.05, 0) is 6.42 Å². The largest absolute Gasteiger partial charge is 0.385 e. The Kier molecular flexibility index (Phi) is 5.87. The van der Waals surface area contributed by atoms with Crippen LogP contribution in [0.1, 0.15) is 6.42 Å². The van der Waals surface area contributed by atoms with Gasteiger partial charge in [0.05, 0.1) is 5.75 Å². The molecule has 0 saturated carbocycles. The third-order valence-corrected chi connectivity index (χ3v) is 2.88. The molecule has 0 unspecified atom stereocenters. The second-order valence-electron chi connectivity index (χ2n) is 3.21. The average molecular weight is 244 g/mol. The summed E-state index contributed by atoms with van der Waals surface area (Å²) in [6.07, 6.45) is 2.44. The normalized spacial score (nSPS) is 10.4. The van der Waals surface area contributed by atoms with Gasteiger partial charge < -0.3 is 14.6 Å². The zero-order valence-electron chi connectivity index (χ0n) is 9.47. The van der Waals surface area contributed by atoms with E-state index >= 15 is 0 Å². The molecule has 6 nitrogen and oxygen atoms in total. The summed E-state index contributed by atoms with van der Waals surface area (Å²) in [5, 5.41) is 11.1. The predicted octanol–water partition coefficient (Wildman–Crippen LogP) is 0.0599. The monoisotopic (exact) mass is 244 g/mol. The lowest BCUT2D eigenvalue weighted by Crippen LogP contribution is -2.26. The summed E-state index contributed by atoms with van der Waals surface area (Å²) in [6.45, 7) is 1.31. The SMILES string of the molecule is COCCCNC(=O)CSc1nncn1C. The van der Waals surface area contributed by atoms with Crippen LogP contribution in [0.3, 0.4) is 0 Å². The van der Waals surface area contributed by atoms with Gasteiger partial charge in [-0.15, -0.1) is 10.2 Å². The number of thioether (sulfide) groups is 1. The molecule has 0 aliphatic heterocycles. The number of methoxy groups -OCH3 is 1. The first kappa shape index (κ1) is 13.0. The molecule has 0 atom stereocenters. The van der Waals surface area contributed by atoms with Crippen LogP contribution in [-0.2, 0) is 16.6 Å². The molecule has 1 aromatic heterocycles. The summed E-state index contributed by atoms with van der Waals surface area (Å²) in [7, 11) is 3.49. The first-order chi connectivity index (χ1) is 7.74. The van der Waals surface area contributed by atoms with E-state index in [1.807, 2.05) is 7.05 Å². The van der Waals surface area contributed by atoms with E-state index in [1.54, 1.807) is 18.0 Å². The molecule has 0 aliphatic rings. The van der Waals surface area contributed by atoms with Crippen LogP contribution in [0, 0.1) is 0 Å². The van der Waals surface area contributed by atoms with E-state index in [2.05, 4.69) is 15.5 Å². The maximum atomic E-state index is 11.4. The molecule has 1 heterocycles. The highest BCUT2D eigenvalue weighted by Gasteiger charge is 2.05. The lowest BCUT2D eigenvalue weighted by atomic mass is 10.4. The van der Waals surface area contributed by atoms with Crippen LogP contribution in [-0.4, -0.2) is 46.7 Å². The van der Waals surface area contributed by atoms with E-state index in [4.69, 9.17) is 4.74 Å². The van der Waals surface area contributed by atoms with Gasteiger partial charge in [-0.25, -0.2) is 0 Å². The van der Waals surface area contributed by atoms with Crippen molar-refractivity contribution in [1.82, 2.24) is 20.1 Å². The van der Waals surface area contributed by atoms with Crippen LogP contribution >= 0.6 is 11.8 Å². The summed E-state index contributed by atoms with van der Waals surface area (Å²) >= 11 is 1.37. The van der Waals surface area contributed by atoms with Gasteiger partial charge in [0.1, 0.15) is 6.33 Å². The Morgan fingerprint density at radius 3 is 3.12 bits per heavy atom. The summed E-state index contributed by atoms with van der Waals surface area (Å²) in [5.74, 6) is 0.364. The molecule has 0 bridgehead atoms. The van der Waals surface area contributed by atoms with Crippen molar-refractivity contribution in [2.45, 2.75) is 11.6 Å². The van der Waals surface area contributed by atoms with E-state index in [-0.39, 0.29) is 5.91 Å². The quantitative estimate of drug-likeness (QED) is 0.542. The Morgan fingerprint density at radius 1 is 1.69 bits per heavy atom. The van der Waals surface area contributed by atoms with Crippen molar-refractivity contribution in [3.63, 3.8) is 0 Å². The third-order valence-electron chi connectivity index (χ3n) is 1.85. The van der Waals surface area contributed by atoms with Gasteiger partial charge in [0.25, 0.3) is 0 Å². The van der Waals surface area contributed by atoms with Crippen molar-refractivity contribution in [2.24, 2.45) is 7.05 Å². The van der Waals surface area contributed by atoms with Gasteiger partial charge in [-0.3, -0.25) is 4.79 Å². The average Bonchev–Trinajstić information content (AvgIpc) is 2.67. The fourth-order valence-electron chi connectivity index (χ4n) is 1.03. The van der Waals surface area contributed by atoms with Crippen LogP contribution in [0.15, 0.2) is 11.5 Å². The maximum absolute atomic E-state index is 11.4. The minimum absolute atomic E-state index is 0.00380. The highest BCUT2D eigenvalue weighted by atomic mass is 32.2. The van der Waals surface area contributed by atoms with E-state index in [9.17, 15) is 4.79 Å². The number of ether oxygens (including phenoxy) is 1. The van der Waals surface area contributed by atoms with Crippen molar-refractivity contribution in [1.29, 1.82) is 0 Å². The lowest BCUT2D eigenvalue weighted by molar-refractivity contribution is -0.118. The van der Waals surface area contributed by atoms with Crippen LogP contribution in [0.5, 0.6) is 0 Å². The number of rotatable bonds is 7. The smallest absolute Gasteiger partial charge is 0.230 e. The highest BCUT2D eigenvalue weighted by Crippen LogP contribution is 2.12. The molecule has 1 amide bonds. The predicted molar refractivity (Wildman–Crippen MR) is 61.2 cm³/mol. The van der Waals surface area contributed by atoms with Gasteiger partial charge in [-0.1, -0.05) is 11.8 Å². The maximum Gasteiger partial charge on any atom is 0.230 e. The molecule has 1 rings (SSSR count). The molecular weight excluding hydrogens is 228 g/mol. The Bertz CT molecular complexity index is 329. The van der Waals surface area contributed by atoms with Gasteiger partial charge in [0.15, 0.2) is 5.16 Å². The van der Waals surface area contributed by atoms with E-state index in [1.165, 1.54) is 11.8 Å². The fourth-order valence-corrected chi connectivity index (χ4v) is 1.75. The summed E-state index contributed by atoms with van der Waals surface area (Å²) in [5.41, 5.74) is 0. The molecule has 1 N–H and O–H groups in total. The number of carbonyl (C=O) groups is 1. The Balaban J connectivity index is 2.13. The third kappa shape index (κ3) is 4.63. The molecular formula is C9H16N4O2S. The topological polar surface area (TPSA) is 69.0 Å². The molecule has 0 aliphatic carbocycles. The Morgan fingerprint density at radius 2 is 2.50 bits per heavy atom. The zero-order valence-corrected chi connectivity index (χ0v) is 10.3. The molecule has 0 aromatic carbocycles. The number of amides is 1. The lowest BCUT2D eigenvalue weighted by Gasteiger charge is -2.04. The van der Waals surface area contributed by atoms with Crippen molar-refractivity contribution in [3.05, 3.63) is 6.33 Å². The number of nitrogens with one attached hydrogen (secondary N) is 1. The number of hydrogen-bond acceptors (Lipinski definition) is 5.